The Bertz CT molecular complexity index is 797. The molecule has 7 heteroatoms. The van der Waals surface area contributed by atoms with Gasteiger partial charge in [0, 0.05) is 24.9 Å². The number of benzene rings is 1. The van der Waals surface area contributed by atoms with Gasteiger partial charge in [-0.1, -0.05) is 30.3 Å². The van der Waals surface area contributed by atoms with E-state index in [0.717, 1.165) is 12.8 Å². The number of hydrogen-bond donors (Lipinski definition) is 2. The van der Waals surface area contributed by atoms with Crippen LogP contribution in [0.5, 0.6) is 0 Å². The Hall–Kier alpha value is -3.09. The van der Waals surface area contributed by atoms with Crippen LogP contribution in [-0.2, 0) is 19.7 Å². The average Bonchev–Trinajstić information content (AvgIpc) is 3.31. The van der Waals surface area contributed by atoms with E-state index >= 15 is 0 Å². The van der Waals surface area contributed by atoms with Gasteiger partial charge in [0.15, 0.2) is 12.4 Å². The zero-order valence-electron chi connectivity index (χ0n) is 15.6. The molecule has 0 unspecified atom stereocenters. The molecule has 148 valence electrons. The Balaban J connectivity index is 1.27. The van der Waals surface area contributed by atoms with E-state index in [0.29, 0.717) is 19.5 Å². The monoisotopic (exact) mass is 384 g/mol. The smallest absolute Gasteiger partial charge is 0.306 e. The number of ether oxygens (including phenoxy) is 1. The van der Waals surface area contributed by atoms with Crippen LogP contribution in [0.25, 0.3) is 0 Å². The molecule has 2 N–H and O–H groups in total. The molecule has 0 spiro atoms. The summed E-state index contributed by atoms with van der Waals surface area (Å²) in [6, 6.07) is 13.3. The number of esters is 1. The zero-order valence-corrected chi connectivity index (χ0v) is 15.6. The lowest BCUT2D eigenvalue weighted by Crippen LogP contribution is -2.35. The lowest BCUT2D eigenvalue weighted by atomic mass is 9.96. The number of nitrogens with one attached hydrogen (secondary N) is 2. The van der Waals surface area contributed by atoms with Crippen molar-refractivity contribution in [3.63, 3.8) is 0 Å². The summed E-state index contributed by atoms with van der Waals surface area (Å²) in [4.78, 5) is 35.3. The van der Waals surface area contributed by atoms with Crippen LogP contribution in [0.3, 0.4) is 0 Å². The maximum Gasteiger partial charge on any atom is 0.306 e. The van der Waals surface area contributed by atoms with Gasteiger partial charge in [0.2, 0.25) is 0 Å². The summed E-state index contributed by atoms with van der Waals surface area (Å²) >= 11 is 0. The maximum atomic E-state index is 11.9. The summed E-state index contributed by atoms with van der Waals surface area (Å²) in [6.07, 6.45) is 4.05. The van der Waals surface area contributed by atoms with Gasteiger partial charge in [-0.2, -0.15) is 0 Å². The fourth-order valence-electron chi connectivity index (χ4n) is 2.98. The summed E-state index contributed by atoms with van der Waals surface area (Å²) in [7, 11) is 0. The van der Waals surface area contributed by atoms with Gasteiger partial charge in [0.25, 0.3) is 11.8 Å². The van der Waals surface area contributed by atoms with Crippen molar-refractivity contribution in [2.24, 2.45) is 0 Å². The Morgan fingerprint density at radius 3 is 2.50 bits per heavy atom. The predicted molar refractivity (Wildman–Crippen MR) is 102 cm³/mol. The standard InChI is InChI=1S/C21H24N2O5/c24-18(23-15-21(10-11-21)16-6-2-1-3-7-16)14-28-19(25)9-4-12-22-20(26)17-8-5-13-27-17/h1-3,5-8,13H,4,9-12,14-15H2,(H,22,26)(H,23,24). The highest BCUT2D eigenvalue weighted by Crippen LogP contribution is 2.47. The van der Waals surface area contributed by atoms with Gasteiger partial charge in [0.05, 0.1) is 6.26 Å². The Kier molecular flexibility index (Phi) is 6.47. The minimum Gasteiger partial charge on any atom is -0.459 e. The van der Waals surface area contributed by atoms with Gasteiger partial charge >= 0.3 is 5.97 Å². The first-order chi connectivity index (χ1) is 13.6. The third-order valence-electron chi connectivity index (χ3n) is 4.82. The molecule has 1 aromatic carbocycles. The van der Waals surface area contributed by atoms with Crippen LogP contribution in [0.2, 0.25) is 0 Å². The molecule has 28 heavy (non-hydrogen) atoms. The SMILES string of the molecule is O=C(COC(=O)CCCNC(=O)c1ccco1)NCC1(c2ccccc2)CC1. The van der Waals surface area contributed by atoms with Gasteiger partial charge < -0.3 is 19.8 Å². The van der Waals surface area contributed by atoms with E-state index in [2.05, 4.69) is 22.8 Å². The second kappa shape index (κ2) is 9.21. The molecule has 1 saturated carbocycles. The summed E-state index contributed by atoms with van der Waals surface area (Å²) in [6.45, 7) is 0.578. The van der Waals surface area contributed by atoms with E-state index in [1.54, 1.807) is 12.1 Å². The fourth-order valence-corrected chi connectivity index (χ4v) is 2.98. The highest BCUT2D eigenvalue weighted by atomic mass is 16.5. The number of furan rings is 1. The van der Waals surface area contributed by atoms with E-state index in [1.807, 2.05) is 18.2 Å². The van der Waals surface area contributed by atoms with Crippen LogP contribution in [-0.4, -0.2) is 37.5 Å². The highest BCUT2D eigenvalue weighted by Gasteiger charge is 2.44. The molecule has 1 heterocycles. The third-order valence-corrected chi connectivity index (χ3v) is 4.82. The van der Waals surface area contributed by atoms with E-state index in [1.165, 1.54) is 11.8 Å². The maximum absolute atomic E-state index is 11.9. The van der Waals surface area contributed by atoms with Crippen molar-refractivity contribution in [1.29, 1.82) is 0 Å². The molecular weight excluding hydrogens is 360 g/mol. The number of carbonyl (C=O) groups is 3. The Morgan fingerprint density at radius 1 is 1.04 bits per heavy atom. The topological polar surface area (TPSA) is 97.6 Å². The van der Waals surface area contributed by atoms with Crippen molar-refractivity contribution in [1.82, 2.24) is 10.6 Å². The van der Waals surface area contributed by atoms with Crippen molar-refractivity contribution in [2.45, 2.75) is 31.1 Å². The molecule has 2 amide bonds. The lowest BCUT2D eigenvalue weighted by Gasteiger charge is -2.16. The average molecular weight is 384 g/mol. The van der Waals surface area contributed by atoms with Crippen molar-refractivity contribution >= 4 is 17.8 Å². The summed E-state index contributed by atoms with van der Waals surface area (Å²) in [5.41, 5.74) is 1.25. The van der Waals surface area contributed by atoms with E-state index in [4.69, 9.17) is 9.15 Å². The summed E-state index contributed by atoms with van der Waals surface area (Å²) in [5.74, 6) is -0.873. The molecule has 7 nitrogen and oxygen atoms in total. The van der Waals surface area contributed by atoms with Crippen LogP contribution < -0.4 is 10.6 Å². The first kappa shape index (κ1) is 19.7. The lowest BCUT2D eigenvalue weighted by molar-refractivity contribution is -0.148. The number of carbonyl (C=O) groups excluding carboxylic acids is 3. The molecule has 0 atom stereocenters. The predicted octanol–water partition coefficient (Wildman–Crippen LogP) is 2.18. The Labute approximate surface area is 163 Å². The molecule has 0 saturated heterocycles. The van der Waals surface area contributed by atoms with Crippen molar-refractivity contribution in [2.75, 3.05) is 19.7 Å². The summed E-state index contributed by atoms with van der Waals surface area (Å²) in [5, 5.41) is 5.50. The van der Waals surface area contributed by atoms with Gasteiger partial charge in [-0.15, -0.1) is 0 Å². The van der Waals surface area contributed by atoms with Crippen LogP contribution >= 0.6 is 0 Å². The third kappa shape index (κ3) is 5.45. The fraction of sp³-hybridized carbons (Fsp3) is 0.381. The zero-order chi connectivity index (χ0) is 19.8. The molecule has 0 radical (unpaired) electrons. The quantitative estimate of drug-likeness (QED) is 0.483. The second-order valence-electron chi connectivity index (χ2n) is 6.92. The van der Waals surface area contributed by atoms with E-state index in [-0.39, 0.29) is 36.0 Å². The van der Waals surface area contributed by atoms with E-state index in [9.17, 15) is 14.4 Å². The van der Waals surface area contributed by atoms with Gasteiger partial charge in [-0.05, 0) is 37.0 Å². The minimum atomic E-state index is -0.466. The number of rotatable bonds is 10. The van der Waals surface area contributed by atoms with E-state index < -0.39 is 5.97 Å². The number of amides is 2. The van der Waals surface area contributed by atoms with Crippen LogP contribution in [0.4, 0.5) is 0 Å². The van der Waals surface area contributed by atoms with Crippen molar-refractivity contribution < 1.29 is 23.5 Å². The molecular formula is C21H24N2O5. The molecule has 1 aromatic heterocycles. The van der Waals surface area contributed by atoms with Crippen molar-refractivity contribution in [3.05, 3.63) is 60.1 Å². The first-order valence-electron chi connectivity index (χ1n) is 9.39. The largest absolute Gasteiger partial charge is 0.459 e. The molecule has 0 aliphatic heterocycles. The highest BCUT2D eigenvalue weighted by molar-refractivity contribution is 5.91. The van der Waals surface area contributed by atoms with Gasteiger partial charge in [-0.25, -0.2) is 0 Å². The molecule has 1 fully saturated rings. The minimum absolute atomic E-state index is 0.0210. The normalized spacial score (nSPS) is 14.1. The molecule has 0 bridgehead atoms. The molecule has 1 aliphatic rings. The number of hydrogen-bond acceptors (Lipinski definition) is 5. The van der Waals surface area contributed by atoms with Crippen LogP contribution in [0.1, 0.15) is 41.8 Å². The van der Waals surface area contributed by atoms with Gasteiger partial charge in [0.1, 0.15) is 0 Å². The second-order valence-corrected chi connectivity index (χ2v) is 6.92. The molecule has 2 aromatic rings. The molecule has 1 aliphatic carbocycles. The van der Waals surface area contributed by atoms with Crippen LogP contribution in [0.15, 0.2) is 53.1 Å². The Morgan fingerprint density at radius 2 is 1.82 bits per heavy atom. The molecule has 3 rings (SSSR count). The first-order valence-corrected chi connectivity index (χ1v) is 9.39. The summed E-state index contributed by atoms with van der Waals surface area (Å²) < 4.78 is 9.96. The van der Waals surface area contributed by atoms with Crippen LogP contribution in [0, 0.1) is 0 Å². The van der Waals surface area contributed by atoms with Gasteiger partial charge in [-0.3, -0.25) is 14.4 Å². The van der Waals surface area contributed by atoms with Crippen molar-refractivity contribution in [3.8, 4) is 0 Å².